The van der Waals surface area contributed by atoms with E-state index in [-0.39, 0.29) is 0 Å². The third kappa shape index (κ3) is 6.00. The first-order chi connectivity index (χ1) is 11.6. The SMILES string of the molecule is CCN1CCN(c2ccc(CN=C(N)NCCC(C)C)cn2)CC1. The molecular weight excluding hydrogens is 300 g/mol. The zero-order valence-electron chi connectivity index (χ0n) is 15.3. The summed E-state index contributed by atoms with van der Waals surface area (Å²) in [6.45, 7) is 13.5. The number of nitrogens with zero attached hydrogens (tertiary/aromatic N) is 4. The van der Waals surface area contributed by atoms with Crippen molar-refractivity contribution in [1.29, 1.82) is 0 Å². The predicted octanol–water partition coefficient (Wildman–Crippen LogP) is 1.67. The number of pyridine rings is 1. The van der Waals surface area contributed by atoms with Crippen molar-refractivity contribution in [2.24, 2.45) is 16.6 Å². The van der Waals surface area contributed by atoms with Gasteiger partial charge >= 0.3 is 0 Å². The van der Waals surface area contributed by atoms with Gasteiger partial charge < -0.3 is 20.9 Å². The monoisotopic (exact) mass is 332 g/mol. The van der Waals surface area contributed by atoms with Gasteiger partial charge in [-0.1, -0.05) is 26.8 Å². The molecule has 0 atom stereocenters. The number of aromatic nitrogens is 1. The zero-order valence-corrected chi connectivity index (χ0v) is 15.3. The summed E-state index contributed by atoms with van der Waals surface area (Å²) in [7, 11) is 0. The third-order valence-electron chi connectivity index (χ3n) is 4.41. The molecule has 0 radical (unpaired) electrons. The highest BCUT2D eigenvalue weighted by atomic mass is 15.3. The van der Waals surface area contributed by atoms with Gasteiger partial charge in [-0.2, -0.15) is 0 Å². The standard InChI is InChI=1S/C18H32N6/c1-4-23-9-11-24(12-10-23)17-6-5-16(13-21-17)14-22-18(19)20-8-7-15(2)3/h5-6,13,15H,4,7-12,14H2,1-3H3,(H3,19,20,22). The van der Waals surface area contributed by atoms with E-state index in [4.69, 9.17) is 5.73 Å². The molecule has 0 aliphatic carbocycles. The molecule has 24 heavy (non-hydrogen) atoms. The summed E-state index contributed by atoms with van der Waals surface area (Å²) in [5, 5.41) is 3.15. The van der Waals surface area contributed by atoms with Crippen LogP contribution in [0.4, 0.5) is 5.82 Å². The highest BCUT2D eigenvalue weighted by Crippen LogP contribution is 2.14. The van der Waals surface area contributed by atoms with Gasteiger partial charge in [-0.3, -0.25) is 0 Å². The lowest BCUT2D eigenvalue weighted by molar-refractivity contribution is 0.270. The summed E-state index contributed by atoms with van der Waals surface area (Å²) in [5.74, 6) is 2.23. The molecule has 6 nitrogen and oxygen atoms in total. The van der Waals surface area contributed by atoms with Crippen LogP contribution >= 0.6 is 0 Å². The number of nitrogens with one attached hydrogen (secondary N) is 1. The Kier molecular flexibility index (Phi) is 7.31. The molecule has 0 aromatic carbocycles. The molecule has 1 aromatic rings. The van der Waals surface area contributed by atoms with Gasteiger partial charge in [-0.15, -0.1) is 0 Å². The summed E-state index contributed by atoms with van der Waals surface area (Å²) in [6.07, 6.45) is 3.00. The van der Waals surface area contributed by atoms with Gasteiger partial charge in [0.05, 0.1) is 6.54 Å². The Morgan fingerprint density at radius 3 is 2.62 bits per heavy atom. The summed E-state index contributed by atoms with van der Waals surface area (Å²) >= 11 is 0. The average molecular weight is 332 g/mol. The van der Waals surface area contributed by atoms with Crippen LogP contribution in [0.25, 0.3) is 0 Å². The van der Waals surface area contributed by atoms with Gasteiger partial charge in [-0.05, 0) is 30.5 Å². The second-order valence-corrected chi connectivity index (χ2v) is 6.76. The van der Waals surface area contributed by atoms with Gasteiger partial charge in [0.25, 0.3) is 0 Å². The second-order valence-electron chi connectivity index (χ2n) is 6.76. The van der Waals surface area contributed by atoms with Crippen LogP contribution in [0, 0.1) is 5.92 Å². The number of hydrogen-bond acceptors (Lipinski definition) is 4. The third-order valence-corrected chi connectivity index (χ3v) is 4.41. The first-order valence-electron chi connectivity index (χ1n) is 9.04. The number of aliphatic imine (C=N–C) groups is 1. The second kappa shape index (κ2) is 9.47. The molecule has 1 aromatic heterocycles. The fourth-order valence-corrected chi connectivity index (χ4v) is 2.71. The molecule has 134 valence electrons. The number of nitrogens with two attached hydrogens (primary N) is 1. The van der Waals surface area contributed by atoms with Crippen LogP contribution < -0.4 is 16.0 Å². The molecule has 1 fully saturated rings. The minimum Gasteiger partial charge on any atom is -0.370 e. The molecule has 1 saturated heterocycles. The van der Waals surface area contributed by atoms with Gasteiger partial charge in [0, 0.05) is 38.9 Å². The summed E-state index contributed by atoms with van der Waals surface area (Å²) in [6, 6.07) is 4.19. The normalized spacial score (nSPS) is 16.7. The lowest BCUT2D eigenvalue weighted by Crippen LogP contribution is -2.46. The molecule has 0 unspecified atom stereocenters. The smallest absolute Gasteiger partial charge is 0.188 e. The van der Waals surface area contributed by atoms with Crippen molar-refractivity contribution >= 4 is 11.8 Å². The highest BCUT2D eigenvalue weighted by molar-refractivity contribution is 5.77. The largest absolute Gasteiger partial charge is 0.370 e. The van der Waals surface area contributed by atoms with Crippen LogP contribution in [0.3, 0.4) is 0 Å². The van der Waals surface area contributed by atoms with Crippen LogP contribution in [-0.4, -0.2) is 55.1 Å². The topological polar surface area (TPSA) is 69.8 Å². The van der Waals surface area contributed by atoms with Gasteiger partial charge in [0.1, 0.15) is 5.82 Å². The summed E-state index contributed by atoms with van der Waals surface area (Å²) in [4.78, 5) is 13.8. The molecular formula is C18H32N6. The fourth-order valence-electron chi connectivity index (χ4n) is 2.71. The van der Waals surface area contributed by atoms with E-state index >= 15 is 0 Å². The summed E-state index contributed by atoms with van der Waals surface area (Å²) in [5.41, 5.74) is 6.97. The van der Waals surface area contributed by atoms with Crippen LogP contribution in [0.1, 0.15) is 32.8 Å². The Labute approximate surface area is 146 Å². The number of rotatable bonds is 7. The minimum atomic E-state index is 0.510. The number of anilines is 1. The van der Waals surface area contributed by atoms with Crippen molar-refractivity contribution in [2.75, 3.05) is 44.2 Å². The molecule has 0 spiro atoms. The van der Waals surface area contributed by atoms with Crippen LogP contribution in [-0.2, 0) is 6.54 Å². The number of guanidine groups is 1. The number of likely N-dealkylation sites (N-methyl/N-ethyl adjacent to an activating group) is 1. The summed E-state index contributed by atoms with van der Waals surface area (Å²) < 4.78 is 0. The lowest BCUT2D eigenvalue weighted by atomic mass is 10.1. The highest BCUT2D eigenvalue weighted by Gasteiger charge is 2.16. The maximum absolute atomic E-state index is 5.89. The van der Waals surface area contributed by atoms with Crippen molar-refractivity contribution in [3.05, 3.63) is 23.9 Å². The van der Waals surface area contributed by atoms with Gasteiger partial charge in [0.2, 0.25) is 0 Å². The molecule has 1 aliphatic heterocycles. The van der Waals surface area contributed by atoms with Crippen molar-refractivity contribution in [1.82, 2.24) is 15.2 Å². The molecule has 1 aliphatic rings. The number of piperazine rings is 1. The lowest BCUT2D eigenvalue weighted by Gasteiger charge is -2.34. The van der Waals surface area contributed by atoms with E-state index in [9.17, 15) is 0 Å². The van der Waals surface area contributed by atoms with Crippen molar-refractivity contribution in [2.45, 2.75) is 33.7 Å². The molecule has 6 heteroatoms. The first-order valence-corrected chi connectivity index (χ1v) is 9.04. The van der Waals surface area contributed by atoms with E-state index in [2.05, 4.69) is 58.0 Å². The van der Waals surface area contributed by atoms with E-state index in [0.717, 1.165) is 57.1 Å². The maximum Gasteiger partial charge on any atom is 0.188 e. The molecule has 0 bridgehead atoms. The van der Waals surface area contributed by atoms with Crippen LogP contribution in [0.15, 0.2) is 23.3 Å². The molecule has 0 amide bonds. The fraction of sp³-hybridized carbons (Fsp3) is 0.667. The van der Waals surface area contributed by atoms with Crippen LogP contribution in [0.2, 0.25) is 0 Å². The Morgan fingerprint density at radius 1 is 1.29 bits per heavy atom. The Hall–Kier alpha value is -1.82. The quantitative estimate of drug-likeness (QED) is 0.587. The molecule has 0 saturated carbocycles. The Bertz CT molecular complexity index is 503. The van der Waals surface area contributed by atoms with Gasteiger partial charge in [0.15, 0.2) is 5.96 Å². The molecule has 2 heterocycles. The number of hydrogen-bond donors (Lipinski definition) is 2. The Morgan fingerprint density at radius 2 is 2.04 bits per heavy atom. The molecule has 3 N–H and O–H groups in total. The van der Waals surface area contributed by atoms with Crippen LogP contribution in [0.5, 0.6) is 0 Å². The van der Waals surface area contributed by atoms with E-state index in [1.807, 2.05) is 6.20 Å². The minimum absolute atomic E-state index is 0.510. The van der Waals surface area contributed by atoms with Gasteiger partial charge in [-0.25, -0.2) is 9.98 Å². The van der Waals surface area contributed by atoms with Crippen molar-refractivity contribution < 1.29 is 0 Å². The van der Waals surface area contributed by atoms with E-state index in [1.54, 1.807) is 0 Å². The predicted molar refractivity (Wildman–Crippen MR) is 101 cm³/mol. The van der Waals surface area contributed by atoms with Crippen molar-refractivity contribution in [3.63, 3.8) is 0 Å². The molecule has 2 rings (SSSR count). The zero-order chi connectivity index (χ0) is 17.4. The average Bonchev–Trinajstić information content (AvgIpc) is 2.60. The van der Waals surface area contributed by atoms with E-state index in [1.165, 1.54) is 0 Å². The van der Waals surface area contributed by atoms with E-state index < -0.39 is 0 Å². The maximum atomic E-state index is 5.89. The Balaban J connectivity index is 1.79. The van der Waals surface area contributed by atoms with E-state index in [0.29, 0.717) is 18.4 Å². The van der Waals surface area contributed by atoms with Crippen molar-refractivity contribution in [3.8, 4) is 0 Å². The first kappa shape index (κ1) is 18.5.